The highest BCUT2D eigenvalue weighted by molar-refractivity contribution is 6.79. The summed E-state index contributed by atoms with van der Waals surface area (Å²) < 4.78 is 0. The topological polar surface area (TPSA) is 0 Å². The van der Waals surface area contributed by atoms with Gasteiger partial charge in [0, 0.05) is 0 Å². The minimum atomic E-state index is -1.38. The van der Waals surface area contributed by atoms with E-state index in [9.17, 15) is 0 Å². The Bertz CT molecular complexity index is 2980. The molecule has 0 heterocycles. The molecule has 2 saturated carbocycles. The third-order valence-corrected chi connectivity index (χ3v) is 27.9. The SMILES string of the molecule is CCC(C)C[Si](C)(C)C1C(C)CC2C(c3c4ccccc4c(C(C)(C)C)c4ccccc34)=CC=CC21.CCC(C)C[Si](C)(C)C1C(C)CC2C(c3c4ccccc4c(C)c4ccc(C)cc34)=CC=CC21. The van der Waals surface area contributed by atoms with E-state index >= 15 is 0 Å². The summed E-state index contributed by atoms with van der Waals surface area (Å²) in [5.41, 5.74) is 12.3. The number of benzene rings is 6. The molecule has 4 aliphatic carbocycles. The van der Waals surface area contributed by atoms with Gasteiger partial charge in [-0.2, -0.15) is 0 Å². The molecule has 10 unspecified atom stereocenters. The Morgan fingerprint density at radius 1 is 0.529 bits per heavy atom. The van der Waals surface area contributed by atoms with Crippen LogP contribution >= 0.6 is 0 Å². The Hall–Kier alpha value is -4.25. The van der Waals surface area contributed by atoms with Crippen LogP contribution in [0, 0.1) is 61.2 Å². The van der Waals surface area contributed by atoms with Crippen molar-refractivity contribution in [3.05, 3.63) is 155 Å². The number of rotatable bonds is 10. The van der Waals surface area contributed by atoms with Gasteiger partial charge in [0.25, 0.3) is 0 Å². The molecule has 10 rings (SSSR count). The second-order valence-corrected chi connectivity index (χ2v) is 36.1. The van der Waals surface area contributed by atoms with E-state index < -0.39 is 16.1 Å². The fraction of sp³-hybridized carbons (Fsp3) is 0.471. The smallest absolute Gasteiger partial charge is 0.0516 e. The molecule has 2 heteroatoms. The third kappa shape index (κ3) is 9.14. The molecule has 0 amide bonds. The molecular weight excluding hydrogens is 873 g/mol. The molecule has 6 aromatic carbocycles. The van der Waals surface area contributed by atoms with Crippen LogP contribution in [0.5, 0.6) is 0 Å². The van der Waals surface area contributed by atoms with Crippen molar-refractivity contribution in [1.82, 2.24) is 0 Å². The van der Waals surface area contributed by atoms with E-state index in [0.717, 1.165) is 34.8 Å². The normalized spacial score (nSPS) is 25.4. The maximum Gasteiger partial charge on any atom is 0.0516 e. The summed E-state index contributed by atoms with van der Waals surface area (Å²) in [6.07, 6.45) is 20.2. The summed E-state index contributed by atoms with van der Waals surface area (Å²) in [7, 11) is -2.74. The van der Waals surface area contributed by atoms with E-state index in [1.165, 1.54) is 109 Å². The van der Waals surface area contributed by atoms with Gasteiger partial charge in [-0.05, 0) is 167 Å². The maximum absolute atomic E-state index is 2.69. The average molecular weight is 962 g/mol. The van der Waals surface area contributed by atoms with Gasteiger partial charge in [-0.15, -0.1) is 0 Å². The van der Waals surface area contributed by atoms with Crippen LogP contribution in [0.3, 0.4) is 0 Å². The first-order chi connectivity index (χ1) is 33.3. The molecule has 0 radical (unpaired) electrons. The highest BCUT2D eigenvalue weighted by Crippen LogP contribution is 2.61. The van der Waals surface area contributed by atoms with Gasteiger partial charge >= 0.3 is 0 Å². The molecule has 70 heavy (non-hydrogen) atoms. The molecule has 6 aromatic rings. The first-order valence-electron chi connectivity index (χ1n) is 27.9. The van der Waals surface area contributed by atoms with Gasteiger partial charge in [-0.3, -0.25) is 0 Å². The summed E-state index contributed by atoms with van der Waals surface area (Å²) in [6.45, 7) is 37.2. The van der Waals surface area contributed by atoms with E-state index in [-0.39, 0.29) is 5.41 Å². The molecule has 0 bridgehead atoms. The number of hydrogen-bond acceptors (Lipinski definition) is 0. The predicted octanol–water partition coefficient (Wildman–Crippen LogP) is 20.6. The summed E-state index contributed by atoms with van der Waals surface area (Å²) >= 11 is 0. The van der Waals surface area contributed by atoms with Crippen LogP contribution in [0.1, 0.15) is 116 Å². The lowest BCUT2D eigenvalue weighted by Crippen LogP contribution is -2.39. The van der Waals surface area contributed by atoms with Gasteiger partial charge in [0.2, 0.25) is 0 Å². The van der Waals surface area contributed by atoms with Crippen LogP contribution in [-0.2, 0) is 5.41 Å². The minimum Gasteiger partial charge on any atom is -0.0808 e. The van der Waals surface area contributed by atoms with Gasteiger partial charge in [0.1, 0.15) is 0 Å². The van der Waals surface area contributed by atoms with E-state index in [4.69, 9.17) is 0 Å². The highest BCUT2D eigenvalue weighted by atomic mass is 28.3. The first kappa shape index (κ1) is 50.7. The van der Waals surface area contributed by atoms with Crippen molar-refractivity contribution in [1.29, 1.82) is 0 Å². The fourth-order valence-electron chi connectivity index (χ4n) is 16.2. The van der Waals surface area contributed by atoms with E-state index in [0.29, 0.717) is 23.7 Å². The Morgan fingerprint density at radius 3 is 1.34 bits per heavy atom. The number of aryl methyl sites for hydroxylation is 2. The summed E-state index contributed by atoms with van der Waals surface area (Å²) in [5, 5.41) is 11.5. The highest BCUT2D eigenvalue weighted by Gasteiger charge is 2.51. The van der Waals surface area contributed by atoms with E-state index in [1.54, 1.807) is 11.1 Å². The van der Waals surface area contributed by atoms with Crippen molar-refractivity contribution in [2.45, 2.75) is 157 Å². The number of allylic oxidation sites excluding steroid dienone is 8. The zero-order chi connectivity index (χ0) is 50.0. The van der Waals surface area contributed by atoms with Crippen LogP contribution in [0.4, 0.5) is 0 Å². The standard InChI is InChI=1S/C35H46Si.C33H42Si/c1-9-23(2)22-36(7,8)34-24(3)21-31-27(19-14-20-30(31)34)32-25-15-10-12-17-28(25)33(35(4,5)6)29-18-13-11-16-26(29)32;1-8-21(2)20-34(6,7)33-23(4)19-30-28(14-11-15-29(30)33)32-27-13-10-9-12-25(27)24(5)26-17-16-22(3)18-31(26)32/h10-20,23-24,30-31,34H,9,21-22H2,1-8H3;9-18,21,23,29-30,33H,8,19-20H2,1-7H3. The van der Waals surface area contributed by atoms with Gasteiger partial charge in [0.15, 0.2) is 0 Å². The monoisotopic (exact) mass is 961 g/mol. The second-order valence-electron chi connectivity index (χ2n) is 26.0. The molecule has 0 aliphatic heterocycles. The number of fused-ring (bicyclic) bond motifs is 6. The van der Waals surface area contributed by atoms with Crippen LogP contribution in [0.2, 0.25) is 49.4 Å². The molecule has 4 aliphatic rings. The van der Waals surface area contributed by atoms with Gasteiger partial charge in [-0.1, -0.05) is 246 Å². The van der Waals surface area contributed by atoms with Gasteiger partial charge in [0.05, 0.1) is 16.1 Å². The van der Waals surface area contributed by atoms with Crippen molar-refractivity contribution in [3.8, 4) is 0 Å². The van der Waals surface area contributed by atoms with Gasteiger partial charge < -0.3 is 0 Å². The minimum absolute atomic E-state index is 0.0830. The summed E-state index contributed by atoms with van der Waals surface area (Å²) in [4.78, 5) is 0. The lowest BCUT2D eigenvalue weighted by Gasteiger charge is -2.39. The van der Waals surface area contributed by atoms with Crippen LogP contribution < -0.4 is 0 Å². The van der Waals surface area contributed by atoms with Crippen LogP contribution in [0.25, 0.3) is 54.2 Å². The summed E-state index contributed by atoms with van der Waals surface area (Å²) in [5.74, 6) is 5.95. The molecular formula is C68H88Si2. The van der Waals surface area contributed by atoms with E-state index in [1.807, 2.05) is 0 Å². The second kappa shape index (κ2) is 19.6. The van der Waals surface area contributed by atoms with Crippen molar-refractivity contribution >= 4 is 70.4 Å². The van der Waals surface area contributed by atoms with Crippen molar-refractivity contribution in [2.75, 3.05) is 0 Å². The quantitative estimate of drug-likeness (QED) is 0.0948. The Kier molecular flexibility index (Phi) is 14.2. The zero-order valence-corrected chi connectivity index (χ0v) is 48.1. The Labute approximate surface area is 427 Å². The van der Waals surface area contributed by atoms with Crippen LogP contribution in [-0.4, -0.2) is 16.1 Å². The average Bonchev–Trinajstić information content (AvgIpc) is 3.87. The Balaban J connectivity index is 0.000000174. The van der Waals surface area contributed by atoms with Crippen molar-refractivity contribution in [3.63, 3.8) is 0 Å². The van der Waals surface area contributed by atoms with Crippen LogP contribution in [0.15, 0.2) is 127 Å². The molecule has 0 nitrogen and oxygen atoms in total. The predicted molar refractivity (Wildman–Crippen MR) is 318 cm³/mol. The Morgan fingerprint density at radius 2 is 0.914 bits per heavy atom. The zero-order valence-electron chi connectivity index (χ0n) is 46.1. The summed E-state index contributed by atoms with van der Waals surface area (Å²) in [6, 6.07) is 37.6. The molecule has 10 atom stereocenters. The molecule has 0 aromatic heterocycles. The first-order valence-corrected chi connectivity index (χ1v) is 34.5. The van der Waals surface area contributed by atoms with Crippen molar-refractivity contribution in [2.24, 2.45) is 47.3 Å². The van der Waals surface area contributed by atoms with E-state index in [2.05, 4.69) is 230 Å². The molecule has 0 N–H and O–H groups in total. The lowest BCUT2D eigenvalue weighted by atomic mass is 9.74. The van der Waals surface area contributed by atoms with Crippen molar-refractivity contribution < 1.29 is 0 Å². The molecule has 0 saturated heterocycles. The largest absolute Gasteiger partial charge is 0.0808 e. The maximum atomic E-state index is 2.69. The van der Waals surface area contributed by atoms with Gasteiger partial charge in [-0.25, -0.2) is 0 Å². The lowest BCUT2D eigenvalue weighted by molar-refractivity contribution is 0.533. The fourth-order valence-corrected chi connectivity index (χ4v) is 27.0. The molecule has 368 valence electrons. The molecule has 2 fully saturated rings. The number of hydrogen-bond donors (Lipinski definition) is 0. The molecule has 0 spiro atoms. The third-order valence-electron chi connectivity index (χ3n) is 18.9.